The Labute approximate surface area is 76.1 Å². The molecule has 0 spiro atoms. The number of rotatable bonds is 2. The standard InChI is InChI=1S/C9H12O4/c1-13-8(11)5-6-3-2-4-7(10)9(6)12/h2-4,7,9-10,12H,5H2,1H3/t7-,9+/m0/s1. The Kier molecular flexibility index (Phi) is 3.22. The smallest absolute Gasteiger partial charge is 0.309 e. The molecule has 72 valence electrons. The van der Waals surface area contributed by atoms with Crippen LogP contribution in [0.1, 0.15) is 6.42 Å². The summed E-state index contributed by atoms with van der Waals surface area (Å²) >= 11 is 0. The number of ether oxygens (including phenoxy) is 1. The predicted octanol–water partition coefficient (Wildman–Crippen LogP) is -0.233. The Morgan fingerprint density at radius 3 is 2.92 bits per heavy atom. The van der Waals surface area contributed by atoms with Crippen molar-refractivity contribution < 1.29 is 19.7 Å². The van der Waals surface area contributed by atoms with Gasteiger partial charge >= 0.3 is 5.97 Å². The number of hydrogen-bond acceptors (Lipinski definition) is 4. The number of carbonyl (C=O) groups excluding carboxylic acids is 1. The molecule has 0 amide bonds. The van der Waals surface area contributed by atoms with Crippen LogP contribution in [0.4, 0.5) is 0 Å². The zero-order chi connectivity index (χ0) is 9.84. The molecular weight excluding hydrogens is 172 g/mol. The van der Waals surface area contributed by atoms with E-state index in [1.165, 1.54) is 13.2 Å². The summed E-state index contributed by atoms with van der Waals surface area (Å²) in [5, 5.41) is 18.6. The van der Waals surface area contributed by atoms with Gasteiger partial charge in [0.1, 0.15) is 12.2 Å². The highest BCUT2D eigenvalue weighted by Crippen LogP contribution is 2.17. The first kappa shape index (κ1) is 9.95. The van der Waals surface area contributed by atoms with Crippen molar-refractivity contribution >= 4 is 5.97 Å². The number of esters is 1. The number of allylic oxidation sites excluding steroid dienone is 2. The summed E-state index contributed by atoms with van der Waals surface area (Å²) < 4.78 is 4.44. The lowest BCUT2D eigenvalue weighted by atomic mass is 9.97. The van der Waals surface area contributed by atoms with Crippen molar-refractivity contribution in [3.8, 4) is 0 Å². The molecule has 0 saturated heterocycles. The van der Waals surface area contributed by atoms with E-state index in [1.54, 1.807) is 12.2 Å². The van der Waals surface area contributed by atoms with Crippen LogP contribution in [0.5, 0.6) is 0 Å². The molecule has 0 bridgehead atoms. The molecular formula is C9H12O4. The summed E-state index contributed by atoms with van der Waals surface area (Å²) in [6, 6.07) is 0. The second kappa shape index (κ2) is 4.20. The van der Waals surface area contributed by atoms with Crippen molar-refractivity contribution in [2.45, 2.75) is 18.6 Å². The molecule has 0 fully saturated rings. The molecule has 0 saturated carbocycles. The minimum atomic E-state index is -0.996. The van der Waals surface area contributed by atoms with Crippen molar-refractivity contribution in [3.05, 3.63) is 23.8 Å². The summed E-state index contributed by atoms with van der Waals surface area (Å²) in [6.45, 7) is 0. The molecule has 0 aliphatic heterocycles. The molecule has 4 heteroatoms. The summed E-state index contributed by atoms with van der Waals surface area (Å²) in [5.74, 6) is -0.423. The molecule has 0 heterocycles. The summed E-state index contributed by atoms with van der Waals surface area (Å²) in [4.78, 5) is 10.9. The highest BCUT2D eigenvalue weighted by Gasteiger charge is 2.22. The van der Waals surface area contributed by atoms with Crippen molar-refractivity contribution in [3.63, 3.8) is 0 Å². The zero-order valence-electron chi connectivity index (χ0n) is 7.30. The van der Waals surface area contributed by atoms with Crippen LogP contribution >= 0.6 is 0 Å². The third-order valence-electron chi connectivity index (χ3n) is 1.90. The van der Waals surface area contributed by atoms with E-state index >= 15 is 0 Å². The SMILES string of the molecule is COC(=O)CC1=CC=C[C@H](O)[C@@H]1O. The van der Waals surface area contributed by atoms with Gasteiger partial charge in [-0.05, 0) is 5.57 Å². The molecule has 1 rings (SSSR count). The van der Waals surface area contributed by atoms with E-state index in [1.807, 2.05) is 0 Å². The summed E-state index contributed by atoms with van der Waals surface area (Å²) in [6.07, 6.45) is 2.77. The fourth-order valence-corrected chi connectivity index (χ4v) is 1.12. The van der Waals surface area contributed by atoms with Gasteiger partial charge in [-0.15, -0.1) is 0 Å². The lowest BCUT2D eigenvalue weighted by molar-refractivity contribution is -0.140. The normalized spacial score (nSPS) is 26.8. The molecule has 13 heavy (non-hydrogen) atoms. The first-order valence-corrected chi connectivity index (χ1v) is 3.95. The summed E-state index contributed by atoms with van der Waals surface area (Å²) in [5.41, 5.74) is 0.474. The Morgan fingerprint density at radius 1 is 1.62 bits per heavy atom. The minimum absolute atomic E-state index is 0.0130. The minimum Gasteiger partial charge on any atom is -0.469 e. The Bertz CT molecular complexity index is 254. The highest BCUT2D eigenvalue weighted by atomic mass is 16.5. The van der Waals surface area contributed by atoms with E-state index in [0.717, 1.165) is 0 Å². The van der Waals surface area contributed by atoms with E-state index in [9.17, 15) is 15.0 Å². The second-order valence-corrected chi connectivity index (χ2v) is 2.81. The lowest BCUT2D eigenvalue weighted by Crippen LogP contribution is -2.29. The van der Waals surface area contributed by atoms with Crippen molar-refractivity contribution in [1.29, 1.82) is 0 Å². The molecule has 0 radical (unpaired) electrons. The maximum Gasteiger partial charge on any atom is 0.309 e. The quantitative estimate of drug-likeness (QED) is 0.582. The van der Waals surface area contributed by atoms with Crippen molar-refractivity contribution in [2.75, 3.05) is 7.11 Å². The molecule has 0 aromatic heterocycles. The number of methoxy groups -OCH3 is 1. The topological polar surface area (TPSA) is 66.8 Å². The molecule has 0 aromatic rings. The van der Waals surface area contributed by atoms with E-state index in [0.29, 0.717) is 5.57 Å². The maximum atomic E-state index is 10.9. The van der Waals surface area contributed by atoms with Crippen LogP contribution in [0.15, 0.2) is 23.8 Å². The Hall–Kier alpha value is -1.13. The molecule has 0 aromatic carbocycles. The second-order valence-electron chi connectivity index (χ2n) is 2.81. The number of hydrogen-bond donors (Lipinski definition) is 2. The summed E-state index contributed by atoms with van der Waals surface area (Å²) in [7, 11) is 1.28. The van der Waals surface area contributed by atoms with Crippen LogP contribution in [0, 0.1) is 0 Å². The first-order chi connectivity index (χ1) is 6.15. The number of aliphatic hydroxyl groups is 2. The molecule has 2 atom stereocenters. The fourth-order valence-electron chi connectivity index (χ4n) is 1.12. The fraction of sp³-hybridized carbons (Fsp3) is 0.444. The largest absolute Gasteiger partial charge is 0.469 e. The third-order valence-corrected chi connectivity index (χ3v) is 1.90. The number of aliphatic hydroxyl groups excluding tert-OH is 2. The Balaban J connectivity index is 2.63. The molecule has 4 nitrogen and oxygen atoms in total. The van der Waals surface area contributed by atoms with Crippen LogP contribution in [0.25, 0.3) is 0 Å². The van der Waals surface area contributed by atoms with Gasteiger partial charge in [0.05, 0.1) is 13.5 Å². The van der Waals surface area contributed by atoms with Gasteiger partial charge in [-0.3, -0.25) is 4.79 Å². The maximum absolute atomic E-state index is 10.9. The molecule has 1 aliphatic rings. The van der Waals surface area contributed by atoms with Gasteiger partial charge in [-0.25, -0.2) is 0 Å². The van der Waals surface area contributed by atoms with Crippen LogP contribution < -0.4 is 0 Å². The van der Waals surface area contributed by atoms with Gasteiger partial charge < -0.3 is 14.9 Å². The van der Waals surface area contributed by atoms with Crippen molar-refractivity contribution in [2.24, 2.45) is 0 Å². The van der Waals surface area contributed by atoms with Gasteiger partial charge in [-0.1, -0.05) is 18.2 Å². The lowest BCUT2D eigenvalue weighted by Gasteiger charge is -2.20. The highest BCUT2D eigenvalue weighted by molar-refractivity contribution is 5.72. The van der Waals surface area contributed by atoms with E-state index in [2.05, 4.69) is 4.74 Å². The van der Waals surface area contributed by atoms with Gasteiger partial charge in [0.15, 0.2) is 0 Å². The molecule has 1 aliphatic carbocycles. The average molecular weight is 184 g/mol. The molecule has 2 N–H and O–H groups in total. The van der Waals surface area contributed by atoms with Gasteiger partial charge in [0.25, 0.3) is 0 Å². The van der Waals surface area contributed by atoms with E-state index < -0.39 is 18.2 Å². The predicted molar refractivity (Wildman–Crippen MR) is 45.9 cm³/mol. The van der Waals surface area contributed by atoms with Crippen LogP contribution in [0.2, 0.25) is 0 Å². The zero-order valence-corrected chi connectivity index (χ0v) is 7.30. The van der Waals surface area contributed by atoms with Gasteiger partial charge in [-0.2, -0.15) is 0 Å². The van der Waals surface area contributed by atoms with Crippen LogP contribution in [-0.2, 0) is 9.53 Å². The van der Waals surface area contributed by atoms with Gasteiger partial charge in [0.2, 0.25) is 0 Å². The van der Waals surface area contributed by atoms with Crippen LogP contribution in [-0.4, -0.2) is 35.5 Å². The van der Waals surface area contributed by atoms with Gasteiger partial charge in [0, 0.05) is 0 Å². The Morgan fingerprint density at radius 2 is 2.31 bits per heavy atom. The van der Waals surface area contributed by atoms with Crippen molar-refractivity contribution in [1.82, 2.24) is 0 Å². The van der Waals surface area contributed by atoms with E-state index in [4.69, 9.17) is 0 Å². The third kappa shape index (κ3) is 2.40. The number of carbonyl (C=O) groups is 1. The van der Waals surface area contributed by atoms with Crippen LogP contribution in [0.3, 0.4) is 0 Å². The van der Waals surface area contributed by atoms with E-state index in [-0.39, 0.29) is 6.42 Å². The molecule has 0 unspecified atom stereocenters. The first-order valence-electron chi connectivity index (χ1n) is 3.95. The monoisotopic (exact) mass is 184 g/mol. The average Bonchev–Trinajstić information content (AvgIpc) is 2.13.